The van der Waals surface area contributed by atoms with Gasteiger partial charge >= 0.3 is 6.18 Å². The van der Waals surface area contributed by atoms with Gasteiger partial charge < -0.3 is 11.1 Å². The highest BCUT2D eigenvalue weighted by Gasteiger charge is 2.35. The van der Waals surface area contributed by atoms with Gasteiger partial charge in [-0.15, -0.1) is 0 Å². The van der Waals surface area contributed by atoms with E-state index < -0.39 is 53.0 Å². The third-order valence-electron chi connectivity index (χ3n) is 3.18. The van der Waals surface area contributed by atoms with E-state index in [4.69, 9.17) is 5.73 Å². The SMILES string of the molecule is NC(=O)c1ccc(C(F)(F)F)n(CC(=O)Nc2cc(F)cc(F)c2)c1=O. The van der Waals surface area contributed by atoms with Gasteiger partial charge in [-0.2, -0.15) is 13.2 Å². The summed E-state index contributed by atoms with van der Waals surface area (Å²) in [6.45, 7) is -1.16. The quantitative estimate of drug-likeness (QED) is 0.799. The minimum atomic E-state index is -5.00. The van der Waals surface area contributed by atoms with E-state index in [-0.39, 0.29) is 10.3 Å². The molecule has 2 amide bonds. The van der Waals surface area contributed by atoms with Crippen LogP contribution >= 0.6 is 0 Å². The number of alkyl halides is 3. The number of nitrogens with one attached hydrogen (secondary N) is 1. The van der Waals surface area contributed by atoms with Crippen LogP contribution in [0.3, 0.4) is 0 Å². The van der Waals surface area contributed by atoms with Crippen LogP contribution in [0, 0.1) is 11.6 Å². The summed E-state index contributed by atoms with van der Waals surface area (Å²) in [5, 5.41) is 1.96. The molecule has 0 radical (unpaired) electrons. The highest BCUT2D eigenvalue weighted by molar-refractivity contribution is 5.93. The number of pyridine rings is 1. The lowest BCUT2D eigenvalue weighted by Crippen LogP contribution is -2.36. The van der Waals surface area contributed by atoms with Gasteiger partial charge in [0, 0.05) is 11.8 Å². The summed E-state index contributed by atoms with van der Waals surface area (Å²) in [4.78, 5) is 35.1. The first-order valence-electron chi connectivity index (χ1n) is 6.86. The number of nitrogens with two attached hydrogens (primary N) is 1. The maximum absolute atomic E-state index is 13.1. The predicted molar refractivity (Wildman–Crippen MR) is 79.2 cm³/mol. The molecular weight excluding hydrogens is 365 g/mol. The van der Waals surface area contributed by atoms with E-state index in [1.165, 1.54) is 0 Å². The second-order valence-electron chi connectivity index (χ2n) is 5.09. The zero-order valence-electron chi connectivity index (χ0n) is 12.7. The van der Waals surface area contributed by atoms with E-state index in [1.54, 1.807) is 0 Å². The largest absolute Gasteiger partial charge is 0.431 e. The second-order valence-corrected chi connectivity index (χ2v) is 5.09. The lowest BCUT2D eigenvalue weighted by molar-refractivity contribution is -0.144. The maximum Gasteiger partial charge on any atom is 0.431 e. The molecule has 1 aromatic carbocycles. The first kappa shape index (κ1) is 19.1. The first-order valence-corrected chi connectivity index (χ1v) is 6.86. The van der Waals surface area contributed by atoms with Gasteiger partial charge in [0.05, 0.1) is 0 Å². The number of carbonyl (C=O) groups is 2. The van der Waals surface area contributed by atoms with Crippen molar-refractivity contribution in [3.63, 3.8) is 0 Å². The third kappa shape index (κ3) is 4.23. The van der Waals surface area contributed by atoms with E-state index >= 15 is 0 Å². The monoisotopic (exact) mass is 375 g/mol. The summed E-state index contributed by atoms with van der Waals surface area (Å²) in [5.41, 5.74) is 0.889. The van der Waals surface area contributed by atoms with Gasteiger partial charge in [-0.25, -0.2) is 8.78 Å². The van der Waals surface area contributed by atoms with E-state index in [2.05, 4.69) is 0 Å². The molecule has 0 aliphatic heterocycles. The molecule has 26 heavy (non-hydrogen) atoms. The smallest absolute Gasteiger partial charge is 0.365 e. The summed E-state index contributed by atoms with van der Waals surface area (Å²) >= 11 is 0. The topological polar surface area (TPSA) is 94.2 Å². The van der Waals surface area contributed by atoms with Crippen LogP contribution in [0.2, 0.25) is 0 Å². The minimum absolute atomic E-state index is 0.00504. The number of amides is 2. The van der Waals surface area contributed by atoms with Crippen molar-refractivity contribution in [1.29, 1.82) is 0 Å². The van der Waals surface area contributed by atoms with Crippen molar-refractivity contribution in [1.82, 2.24) is 4.57 Å². The molecule has 0 aliphatic carbocycles. The van der Waals surface area contributed by atoms with E-state index in [0.717, 1.165) is 12.1 Å². The molecule has 11 heteroatoms. The molecule has 0 unspecified atom stereocenters. The lowest BCUT2D eigenvalue weighted by Gasteiger charge is -2.16. The zero-order chi connectivity index (χ0) is 19.6. The number of aromatic nitrogens is 1. The fraction of sp³-hybridized carbons (Fsp3) is 0.133. The normalized spacial score (nSPS) is 11.3. The molecule has 0 saturated heterocycles. The Hall–Kier alpha value is -3.24. The van der Waals surface area contributed by atoms with Gasteiger partial charge in [-0.05, 0) is 24.3 Å². The molecular formula is C15H10F5N3O3. The van der Waals surface area contributed by atoms with E-state index in [1.807, 2.05) is 5.32 Å². The van der Waals surface area contributed by atoms with Gasteiger partial charge in [0.25, 0.3) is 11.5 Å². The number of benzene rings is 1. The zero-order valence-corrected chi connectivity index (χ0v) is 12.7. The lowest BCUT2D eigenvalue weighted by atomic mass is 10.2. The molecule has 0 aliphatic rings. The van der Waals surface area contributed by atoms with Gasteiger partial charge in [-0.3, -0.25) is 19.0 Å². The van der Waals surface area contributed by atoms with Crippen molar-refractivity contribution < 1.29 is 31.5 Å². The van der Waals surface area contributed by atoms with Gasteiger partial charge in [0.15, 0.2) is 0 Å². The minimum Gasteiger partial charge on any atom is -0.365 e. The molecule has 2 rings (SSSR count). The van der Waals surface area contributed by atoms with Crippen LogP contribution in [-0.2, 0) is 17.5 Å². The summed E-state index contributed by atoms with van der Waals surface area (Å²) in [6, 6.07) is 3.02. The van der Waals surface area contributed by atoms with Gasteiger partial charge in [0.2, 0.25) is 5.91 Å². The Bertz CT molecular complexity index is 917. The number of primary amides is 1. The van der Waals surface area contributed by atoms with E-state index in [9.17, 15) is 36.3 Å². The molecule has 138 valence electrons. The Morgan fingerprint density at radius 2 is 1.65 bits per heavy atom. The molecule has 0 spiro atoms. The van der Waals surface area contributed by atoms with Crippen LogP contribution in [-0.4, -0.2) is 16.4 Å². The summed E-state index contributed by atoms with van der Waals surface area (Å²) < 4.78 is 65.3. The van der Waals surface area contributed by atoms with Gasteiger partial charge in [-0.1, -0.05) is 0 Å². The Labute approximate surface area is 142 Å². The predicted octanol–water partition coefficient (Wildman–Crippen LogP) is 1.88. The highest BCUT2D eigenvalue weighted by Crippen LogP contribution is 2.28. The molecule has 0 saturated carbocycles. The van der Waals surface area contributed by atoms with Crippen molar-refractivity contribution in [2.45, 2.75) is 12.7 Å². The second kappa shape index (κ2) is 6.94. The third-order valence-corrected chi connectivity index (χ3v) is 3.18. The fourth-order valence-corrected chi connectivity index (χ4v) is 2.14. The molecule has 2 aromatic rings. The maximum atomic E-state index is 13.1. The van der Waals surface area contributed by atoms with Crippen molar-refractivity contribution in [3.8, 4) is 0 Å². The molecule has 1 heterocycles. The Kier molecular flexibility index (Phi) is 5.10. The Morgan fingerprint density at radius 3 is 2.15 bits per heavy atom. The number of nitrogens with zero attached hydrogens (tertiary/aromatic N) is 1. The Balaban J connectivity index is 2.40. The van der Waals surface area contributed by atoms with Crippen molar-refractivity contribution in [3.05, 3.63) is 63.6 Å². The number of hydrogen-bond donors (Lipinski definition) is 2. The van der Waals surface area contributed by atoms with Crippen molar-refractivity contribution in [2.24, 2.45) is 5.73 Å². The number of anilines is 1. The van der Waals surface area contributed by atoms with Crippen LogP contribution in [0.1, 0.15) is 16.1 Å². The van der Waals surface area contributed by atoms with Crippen LogP contribution in [0.15, 0.2) is 35.1 Å². The van der Waals surface area contributed by atoms with Crippen LogP contribution in [0.25, 0.3) is 0 Å². The summed E-state index contributed by atoms with van der Waals surface area (Å²) in [5.74, 6) is -4.50. The number of hydrogen-bond acceptors (Lipinski definition) is 3. The molecule has 0 atom stereocenters. The van der Waals surface area contributed by atoms with Gasteiger partial charge in [0.1, 0.15) is 29.4 Å². The summed E-state index contributed by atoms with van der Waals surface area (Å²) in [6.07, 6.45) is -5.00. The number of carbonyl (C=O) groups excluding carboxylic acids is 2. The van der Waals surface area contributed by atoms with Crippen LogP contribution in [0.4, 0.5) is 27.6 Å². The standard InChI is InChI=1S/C15H10F5N3O3/c16-7-3-8(17)5-9(4-7)22-12(24)6-23-11(15(18,19)20)2-1-10(13(21)25)14(23)26/h1-5H,6H2,(H2,21,25)(H,22,24). The molecule has 0 bridgehead atoms. The van der Waals surface area contributed by atoms with Crippen LogP contribution in [0.5, 0.6) is 0 Å². The summed E-state index contributed by atoms with van der Waals surface area (Å²) in [7, 11) is 0. The van der Waals surface area contributed by atoms with E-state index in [0.29, 0.717) is 18.2 Å². The Morgan fingerprint density at radius 1 is 1.08 bits per heavy atom. The average molecular weight is 375 g/mol. The van der Waals surface area contributed by atoms with Crippen molar-refractivity contribution >= 4 is 17.5 Å². The molecule has 0 fully saturated rings. The molecule has 6 nitrogen and oxygen atoms in total. The number of rotatable bonds is 4. The molecule has 3 N–H and O–H groups in total. The number of halogens is 5. The fourth-order valence-electron chi connectivity index (χ4n) is 2.14. The average Bonchev–Trinajstić information content (AvgIpc) is 2.46. The van der Waals surface area contributed by atoms with Crippen LogP contribution < -0.4 is 16.6 Å². The highest BCUT2D eigenvalue weighted by atomic mass is 19.4. The molecule has 1 aromatic heterocycles. The first-order chi connectivity index (χ1) is 12.0. The van der Waals surface area contributed by atoms with Crippen molar-refractivity contribution in [2.75, 3.05) is 5.32 Å².